The molecule has 0 saturated heterocycles. The third-order valence-electron chi connectivity index (χ3n) is 3.91. The van der Waals surface area contributed by atoms with Gasteiger partial charge in [-0.05, 0) is 49.9 Å². The Bertz CT molecular complexity index is 547. The normalized spacial score (nSPS) is 17.2. The van der Waals surface area contributed by atoms with E-state index in [1.54, 1.807) is 11.3 Å². The minimum Gasteiger partial charge on any atom is -0.309 e. The van der Waals surface area contributed by atoms with E-state index in [1.165, 1.54) is 23.1 Å². The number of hydrogen-bond acceptors (Lipinski definition) is 4. The van der Waals surface area contributed by atoms with Gasteiger partial charge in [0.15, 0.2) is 0 Å². The van der Waals surface area contributed by atoms with Crippen LogP contribution < -0.4 is 5.32 Å². The van der Waals surface area contributed by atoms with Gasteiger partial charge in [0, 0.05) is 31.4 Å². The van der Waals surface area contributed by atoms with Crippen molar-refractivity contribution in [3.63, 3.8) is 0 Å². The monoisotopic (exact) mass is 275 g/mol. The highest BCUT2D eigenvalue weighted by atomic mass is 32.1. The van der Waals surface area contributed by atoms with Crippen LogP contribution in [0.1, 0.15) is 31.4 Å². The van der Waals surface area contributed by atoms with Crippen molar-refractivity contribution in [1.82, 2.24) is 15.2 Å². The van der Waals surface area contributed by atoms with E-state index in [1.807, 2.05) is 6.20 Å². The van der Waals surface area contributed by atoms with Gasteiger partial charge in [0.05, 0.1) is 10.2 Å². The first kappa shape index (κ1) is 13.0. The maximum absolute atomic E-state index is 4.50. The summed E-state index contributed by atoms with van der Waals surface area (Å²) in [7, 11) is 2.23. The Balaban J connectivity index is 1.55. The molecular weight excluding hydrogens is 254 g/mol. The van der Waals surface area contributed by atoms with Crippen LogP contribution in [0.15, 0.2) is 23.7 Å². The number of nitrogens with one attached hydrogen (secondary N) is 1. The highest BCUT2D eigenvalue weighted by Gasteiger charge is 2.25. The van der Waals surface area contributed by atoms with Crippen molar-refractivity contribution >= 4 is 21.6 Å². The standard InChI is InChI=1S/C15H21N3S/c1-11(16-6-7-18(2)13-3-4-13)12-9-15-14(17-10-12)5-8-19-15/h5,8-11,13,16H,3-4,6-7H2,1-2H3. The van der Waals surface area contributed by atoms with E-state index in [4.69, 9.17) is 0 Å². The number of nitrogens with zero attached hydrogens (tertiary/aromatic N) is 2. The SMILES string of the molecule is CC(NCCN(C)C1CC1)c1cnc2ccsc2c1. The highest BCUT2D eigenvalue weighted by molar-refractivity contribution is 7.17. The molecular formula is C15H21N3S. The Morgan fingerprint density at radius 2 is 2.37 bits per heavy atom. The zero-order valence-electron chi connectivity index (χ0n) is 11.6. The highest BCUT2D eigenvalue weighted by Crippen LogP contribution is 2.25. The molecule has 1 atom stereocenters. The first-order valence-corrected chi connectivity index (χ1v) is 7.89. The maximum Gasteiger partial charge on any atom is 0.0809 e. The van der Waals surface area contributed by atoms with Gasteiger partial charge in [0.25, 0.3) is 0 Å². The van der Waals surface area contributed by atoms with Gasteiger partial charge in [-0.1, -0.05) is 0 Å². The summed E-state index contributed by atoms with van der Waals surface area (Å²) >= 11 is 1.76. The molecule has 0 aliphatic heterocycles. The average Bonchev–Trinajstić information content (AvgIpc) is 3.16. The second-order valence-corrected chi connectivity index (χ2v) is 6.41. The summed E-state index contributed by atoms with van der Waals surface area (Å²) in [4.78, 5) is 6.96. The Labute approximate surface area is 118 Å². The van der Waals surface area contributed by atoms with E-state index >= 15 is 0 Å². The van der Waals surface area contributed by atoms with Gasteiger partial charge in [0.2, 0.25) is 0 Å². The summed E-state index contributed by atoms with van der Waals surface area (Å²) in [5.41, 5.74) is 2.39. The summed E-state index contributed by atoms with van der Waals surface area (Å²) in [6.07, 6.45) is 4.76. The van der Waals surface area contributed by atoms with Gasteiger partial charge in [-0.2, -0.15) is 0 Å². The van der Waals surface area contributed by atoms with Gasteiger partial charge in [0.1, 0.15) is 0 Å². The Hall–Kier alpha value is -0.970. The molecule has 0 spiro atoms. The Morgan fingerprint density at radius 1 is 1.53 bits per heavy atom. The van der Waals surface area contributed by atoms with Crippen LogP contribution in [0.5, 0.6) is 0 Å². The van der Waals surface area contributed by atoms with Crippen molar-refractivity contribution in [2.45, 2.75) is 31.8 Å². The largest absolute Gasteiger partial charge is 0.309 e. The molecule has 0 radical (unpaired) electrons. The summed E-state index contributed by atoms with van der Waals surface area (Å²) in [5, 5.41) is 5.69. The number of hydrogen-bond donors (Lipinski definition) is 1. The van der Waals surface area contributed by atoms with E-state index in [0.29, 0.717) is 6.04 Å². The van der Waals surface area contributed by atoms with E-state index in [-0.39, 0.29) is 0 Å². The molecule has 19 heavy (non-hydrogen) atoms. The minimum absolute atomic E-state index is 0.367. The molecule has 102 valence electrons. The van der Waals surface area contributed by atoms with Gasteiger partial charge in [-0.25, -0.2) is 0 Å². The molecule has 2 aromatic rings. The van der Waals surface area contributed by atoms with Crippen LogP contribution >= 0.6 is 11.3 Å². The van der Waals surface area contributed by atoms with Crippen LogP contribution in [0.4, 0.5) is 0 Å². The number of rotatable bonds is 6. The molecule has 0 aromatic carbocycles. The molecule has 1 N–H and O–H groups in total. The second kappa shape index (κ2) is 5.57. The molecule has 1 aliphatic carbocycles. The first-order chi connectivity index (χ1) is 9.24. The van der Waals surface area contributed by atoms with Gasteiger partial charge < -0.3 is 10.2 Å². The Morgan fingerprint density at radius 3 is 3.16 bits per heavy atom. The predicted octanol–water partition coefficient (Wildman–Crippen LogP) is 3.04. The third-order valence-corrected chi connectivity index (χ3v) is 4.76. The van der Waals surface area contributed by atoms with Gasteiger partial charge in [-0.3, -0.25) is 4.98 Å². The molecule has 2 aromatic heterocycles. The van der Waals surface area contributed by atoms with Crippen LogP contribution in [0.25, 0.3) is 10.2 Å². The summed E-state index contributed by atoms with van der Waals surface area (Å²) in [6.45, 7) is 4.38. The fourth-order valence-electron chi connectivity index (χ4n) is 2.37. The number of pyridine rings is 1. The molecule has 1 unspecified atom stereocenters. The predicted molar refractivity (Wildman–Crippen MR) is 81.7 cm³/mol. The number of likely N-dealkylation sites (N-methyl/N-ethyl adjacent to an activating group) is 1. The summed E-state index contributed by atoms with van der Waals surface area (Å²) in [6, 6.07) is 5.55. The van der Waals surface area contributed by atoms with E-state index in [9.17, 15) is 0 Å². The molecule has 3 rings (SSSR count). The fraction of sp³-hybridized carbons (Fsp3) is 0.533. The molecule has 0 amide bonds. The number of fused-ring (bicyclic) bond motifs is 1. The third kappa shape index (κ3) is 3.14. The van der Waals surface area contributed by atoms with Gasteiger partial charge in [-0.15, -0.1) is 11.3 Å². The van der Waals surface area contributed by atoms with Crippen molar-refractivity contribution in [3.05, 3.63) is 29.3 Å². The minimum atomic E-state index is 0.367. The molecule has 1 fully saturated rings. The second-order valence-electron chi connectivity index (χ2n) is 5.46. The molecule has 1 saturated carbocycles. The fourth-order valence-corrected chi connectivity index (χ4v) is 3.16. The smallest absolute Gasteiger partial charge is 0.0809 e. The number of aromatic nitrogens is 1. The van der Waals surface area contributed by atoms with E-state index in [2.05, 4.69) is 46.7 Å². The van der Waals surface area contributed by atoms with Crippen LogP contribution in [-0.4, -0.2) is 36.1 Å². The van der Waals surface area contributed by atoms with Gasteiger partial charge >= 0.3 is 0 Å². The number of thiophene rings is 1. The summed E-state index contributed by atoms with van der Waals surface area (Å²) < 4.78 is 1.28. The van der Waals surface area contributed by atoms with E-state index < -0.39 is 0 Å². The van der Waals surface area contributed by atoms with E-state index in [0.717, 1.165) is 24.6 Å². The maximum atomic E-state index is 4.50. The topological polar surface area (TPSA) is 28.2 Å². The molecule has 4 heteroatoms. The van der Waals surface area contributed by atoms with Crippen LogP contribution in [0, 0.1) is 0 Å². The summed E-state index contributed by atoms with van der Waals surface area (Å²) in [5.74, 6) is 0. The quantitative estimate of drug-likeness (QED) is 0.878. The van der Waals surface area contributed by atoms with Crippen molar-refractivity contribution in [2.75, 3.05) is 20.1 Å². The lowest BCUT2D eigenvalue weighted by Crippen LogP contribution is -2.32. The zero-order chi connectivity index (χ0) is 13.2. The van der Waals surface area contributed by atoms with Crippen molar-refractivity contribution < 1.29 is 0 Å². The molecule has 3 nitrogen and oxygen atoms in total. The average molecular weight is 275 g/mol. The molecule has 0 bridgehead atoms. The molecule has 2 heterocycles. The zero-order valence-corrected chi connectivity index (χ0v) is 12.4. The molecule has 1 aliphatic rings. The Kier molecular flexibility index (Phi) is 3.82. The lowest BCUT2D eigenvalue weighted by molar-refractivity contribution is 0.316. The van der Waals surface area contributed by atoms with Crippen molar-refractivity contribution in [2.24, 2.45) is 0 Å². The van der Waals surface area contributed by atoms with Crippen LogP contribution in [-0.2, 0) is 0 Å². The van der Waals surface area contributed by atoms with Crippen molar-refractivity contribution in [1.29, 1.82) is 0 Å². The van der Waals surface area contributed by atoms with Crippen LogP contribution in [0.3, 0.4) is 0 Å². The first-order valence-electron chi connectivity index (χ1n) is 7.01. The lowest BCUT2D eigenvalue weighted by Gasteiger charge is -2.19. The van der Waals surface area contributed by atoms with Crippen molar-refractivity contribution in [3.8, 4) is 0 Å². The van der Waals surface area contributed by atoms with Crippen LogP contribution in [0.2, 0.25) is 0 Å². The lowest BCUT2D eigenvalue weighted by atomic mass is 10.1.